The number of aryl methyl sites for hydroxylation is 1. The molecule has 2 aliphatic heterocycles. The van der Waals surface area contributed by atoms with E-state index in [1.165, 1.54) is 0 Å². The number of pyridine rings is 1. The molecule has 1 aromatic heterocycles. The van der Waals surface area contributed by atoms with Gasteiger partial charge in [0.25, 0.3) is 5.91 Å². The zero-order valence-corrected chi connectivity index (χ0v) is 21.2. The van der Waals surface area contributed by atoms with Crippen LogP contribution in [0.2, 0.25) is 0 Å². The fourth-order valence-electron chi connectivity index (χ4n) is 5.29. The lowest BCUT2D eigenvalue weighted by Crippen LogP contribution is -2.49. The van der Waals surface area contributed by atoms with E-state index in [1.807, 2.05) is 48.2 Å². The lowest BCUT2D eigenvalue weighted by molar-refractivity contribution is -0.117. The summed E-state index contributed by atoms with van der Waals surface area (Å²) in [6, 6.07) is 11.6. The van der Waals surface area contributed by atoms with Crippen LogP contribution in [0.4, 0.5) is 11.5 Å². The molecule has 0 spiro atoms. The number of nitrogens with one attached hydrogen (secondary N) is 2. The molecule has 1 aromatic carbocycles. The molecule has 2 N–H and O–H groups in total. The van der Waals surface area contributed by atoms with Crippen LogP contribution in [-0.2, 0) is 9.53 Å². The van der Waals surface area contributed by atoms with Crippen LogP contribution in [0.3, 0.4) is 0 Å². The van der Waals surface area contributed by atoms with Gasteiger partial charge in [-0.3, -0.25) is 14.5 Å². The van der Waals surface area contributed by atoms with Crippen molar-refractivity contribution in [2.24, 2.45) is 5.92 Å². The number of rotatable bonds is 7. The molecule has 35 heavy (non-hydrogen) atoms. The molecule has 8 nitrogen and oxygen atoms in total. The first-order chi connectivity index (χ1) is 16.9. The van der Waals surface area contributed by atoms with Gasteiger partial charge in [0, 0.05) is 62.0 Å². The third kappa shape index (κ3) is 5.65. The topological polar surface area (TPSA) is 86.8 Å². The van der Waals surface area contributed by atoms with Gasteiger partial charge in [-0.15, -0.1) is 0 Å². The predicted molar refractivity (Wildman–Crippen MR) is 138 cm³/mol. The van der Waals surface area contributed by atoms with Gasteiger partial charge in [-0.1, -0.05) is 19.9 Å². The molecule has 2 aromatic rings. The summed E-state index contributed by atoms with van der Waals surface area (Å²) in [5.41, 5.74) is 3.34. The highest BCUT2D eigenvalue weighted by molar-refractivity contribution is 5.98. The van der Waals surface area contributed by atoms with Crippen molar-refractivity contribution in [3.63, 3.8) is 0 Å². The second kappa shape index (κ2) is 11.2. The third-order valence-electron chi connectivity index (χ3n) is 7.12. The van der Waals surface area contributed by atoms with Gasteiger partial charge in [-0.05, 0) is 49.2 Å². The summed E-state index contributed by atoms with van der Waals surface area (Å²) < 4.78 is 5.39. The van der Waals surface area contributed by atoms with Crippen molar-refractivity contribution >= 4 is 23.3 Å². The molecule has 1 unspecified atom stereocenters. The zero-order valence-electron chi connectivity index (χ0n) is 21.2. The second-order valence-corrected chi connectivity index (χ2v) is 9.49. The summed E-state index contributed by atoms with van der Waals surface area (Å²) >= 11 is 0. The highest BCUT2D eigenvalue weighted by Crippen LogP contribution is 2.43. The summed E-state index contributed by atoms with van der Waals surface area (Å²) in [5.74, 6) is 0.825. The van der Waals surface area contributed by atoms with Crippen molar-refractivity contribution in [1.82, 2.24) is 15.2 Å². The Morgan fingerprint density at radius 1 is 1.17 bits per heavy atom. The number of hydrogen-bond acceptors (Lipinski definition) is 6. The molecular formula is C27H37N5O3. The Labute approximate surface area is 208 Å². The van der Waals surface area contributed by atoms with Crippen LogP contribution in [0, 0.1) is 12.8 Å². The Morgan fingerprint density at radius 3 is 2.63 bits per heavy atom. The third-order valence-corrected chi connectivity index (χ3v) is 7.12. The van der Waals surface area contributed by atoms with E-state index in [0.29, 0.717) is 12.1 Å². The van der Waals surface area contributed by atoms with Crippen molar-refractivity contribution in [2.75, 3.05) is 49.6 Å². The van der Waals surface area contributed by atoms with Crippen molar-refractivity contribution in [3.8, 4) is 0 Å². The average molecular weight is 480 g/mol. The maximum atomic E-state index is 13.0. The van der Waals surface area contributed by atoms with Crippen LogP contribution in [0.25, 0.3) is 0 Å². The standard InChI is InChI=1S/C27H37N5O3/c1-5-23-19(3)26(30-25-8-6-7-18(2)29-25)22-17-21(9-10-24(22)32(23)20(4)33)27(34)28-11-12-31-13-15-35-16-14-31/h6-10,17,19,23,26H,5,11-16H2,1-4H3,(H,28,34)(H,29,30)/t19?,23-,26+/m0/s1. The minimum absolute atomic E-state index is 0.0137. The number of aromatic nitrogens is 1. The molecule has 3 heterocycles. The lowest BCUT2D eigenvalue weighted by Gasteiger charge is -2.45. The molecule has 4 rings (SSSR count). The summed E-state index contributed by atoms with van der Waals surface area (Å²) in [5, 5.41) is 6.66. The van der Waals surface area contributed by atoms with E-state index < -0.39 is 0 Å². The van der Waals surface area contributed by atoms with Gasteiger partial charge in [0.2, 0.25) is 5.91 Å². The van der Waals surface area contributed by atoms with Gasteiger partial charge < -0.3 is 20.3 Å². The van der Waals surface area contributed by atoms with Crippen LogP contribution in [0.1, 0.15) is 54.8 Å². The first kappa shape index (κ1) is 25.1. The molecule has 1 saturated heterocycles. The number of anilines is 2. The highest BCUT2D eigenvalue weighted by Gasteiger charge is 2.40. The van der Waals surface area contributed by atoms with E-state index in [2.05, 4.69) is 34.4 Å². The van der Waals surface area contributed by atoms with Gasteiger partial charge >= 0.3 is 0 Å². The first-order valence-corrected chi connectivity index (χ1v) is 12.6. The number of carbonyl (C=O) groups excluding carboxylic acids is 2. The summed E-state index contributed by atoms with van der Waals surface area (Å²) in [6.45, 7) is 12.5. The quantitative estimate of drug-likeness (QED) is 0.633. The van der Waals surface area contributed by atoms with Crippen LogP contribution in [0.15, 0.2) is 36.4 Å². The molecular weight excluding hydrogens is 442 g/mol. The number of fused-ring (bicyclic) bond motifs is 1. The smallest absolute Gasteiger partial charge is 0.251 e. The number of amides is 2. The van der Waals surface area contributed by atoms with Crippen molar-refractivity contribution in [3.05, 3.63) is 53.2 Å². The minimum Gasteiger partial charge on any atom is -0.379 e. The lowest BCUT2D eigenvalue weighted by atomic mass is 9.80. The van der Waals surface area contributed by atoms with Crippen molar-refractivity contribution in [2.45, 2.75) is 46.2 Å². The molecule has 2 amide bonds. The monoisotopic (exact) mass is 479 g/mol. The van der Waals surface area contributed by atoms with E-state index in [1.54, 1.807) is 6.92 Å². The fraction of sp³-hybridized carbons (Fsp3) is 0.519. The van der Waals surface area contributed by atoms with Crippen LogP contribution >= 0.6 is 0 Å². The number of morpholine rings is 1. The largest absolute Gasteiger partial charge is 0.379 e. The predicted octanol–water partition coefficient (Wildman–Crippen LogP) is 3.39. The molecule has 2 aliphatic rings. The van der Waals surface area contributed by atoms with Gasteiger partial charge in [0.15, 0.2) is 0 Å². The normalized spacial score (nSPS) is 22.4. The molecule has 188 valence electrons. The number of ether oxygens (including phenoxy) is 1. The van der Waals surface area contributed by atoms with E-state index in [0.717, 1.165) is 62.0 Å². The molecule has 0 aliphatic carbocycles. The van der Waals surface area contributed by atoms with Gasteiger partial charge in [0.1, 0.15) is 5.82 Å². The van der Waals surface area contributed by atoms with Crippen LogP contribution < -0.4 is 15.5 Å². The molecule has 0 bridgehead atoms. The zero-order chi connectivity index (χ0) is 24.9. The number of benzene rings is 1. The van der Waals surface area contributed by atoms with Gasteiger partial charge in [-0.2, -0.15) is 0 Å². The Hall–Kier alpha value is -2.97. The Balaban J connectivity index is 1.60. The fourth-order valence-corrected chi connectivity index (χ4v) is 5.29. The van der Waals surface area contributed by atoms with E-state index >= 15 is 0 Å². The second-order valence-electron chi connectivity index (χ2n) is 9.49. The molecule has 3 atom stereocenters. The van der Waals surface area contributed by atoms with Gasteiger partial charge in [-0.25, -0.2) is 4.98 Å². The number of hydrogen-bond donors (Lipinski definition) is 2. The Morgan fingerprint density at radius 2 is 1.94 bits per heavy atom. The van der Waals surface area contributed by atoms with Gasteiger partial charge in [0.05, 0.1) is 19.3 Å². The Kier molecular flexibility index (Phi) is 8.03. The van der Waals surface area contributed by atoms with Crippen LogP contribution in [-0.4, -0.2) is 67.1 Å². The summed E-state index contributed by atoms with van der Waals surface area (Å²) in [7, 11) is 0. The molecule has 8 heteroatoms. The van der Waals surface area contributed by atoms with E-state index in [-0.39, 0.29) is 29.8 Å². The van der Waals surface area contributed by atoms with Crippen molar-refractivity contribution < 1.29 is 14.3 Å². The average Bonchev–Trinajstić information content (AvgIpc) is 2.85. The summed E-state index contributed by atoms with van der Waals surface area (Å²) in [4.78, 5) is 34.6. The van der Waals surface area contributed by atoms with Crippen LogP contribution in [0.5, 0.6) is 0 Å². The van der Waals surface area contributed by atoms with E-state index in [9.17, 15) is 9.59 Å². The number of nitrogens with zero attached hydrogens (tertiary/aromatic N) is 3. The Bertz CT molecular complexity index is 1050. The summed E-state index contributed by atoms with van der Waals surface area (Å²) in [6.07, 6.45) is 0.837. The molecule has 0 radical (unpaired) electrons. The maximum absolute atomic E-state index is 13.0. The molecule has 0 saturated carbocycles. The maximum Gasteiger partial charge on any atom is 0.251 e. The molecule has 1 fully saturated rings. The van der Waals surface area contributed by atoms with E-state index in [4.69, 9.17) is 4.74 Å². The number of carbonyl (C=O) groups is 2. The SMILES string of the molecule is CC[C@H]1C(C)[C@@H](Nc2cccc(C)n2)c2cc(C(=O)NCCN3CCOCC3)ccc2N1C(C)=O. The van der Waals surface area contributed by atoms with Crippen molar-refractivity contribution in [1.29, 1.82) is 0 Å². The highest BCUT2D eigenvalue weighted by atomic mass is 16.5. The minimum atomic E-state index is -0.104. The first-order valence-electron chi connectivity index (χ1n) is 12.6.